The number of phenols is 1. The van der Waals surface area contributed by atoms with E-state index in [2.05, 4.69) is 0 Å². The minimum atomic E-state index is -0.415. The maximum absolute atomic E-state index is 12.3. The van der Waals surface area contributed by atoms with Crippen LogP contribution in [0.3, 0.4) is 0 Å². The lowest BCUT2D eigenvalue weighted by Gasteiger charge is -2.29. The smallest absolute Gasteiger partial charge is 0.414 e. The first kappa shape index (κ1) is 13.5. The van der Waals surface area contributed by atoms with E-state index in [0.717, 1.165) is 24.0 Å². The number of ether oxygens (including phenoxy) is 1. The number of nitrogens with zero attached hydrogens (tertiary/aromatic N) is 1. The van der Waals surface area contributed by atoms with E-state index >= 15 is 0 Å². The predicted octanol–water partition coefficient (Wildman–Crippen LogP) is 3.48. The Morgan fingerprint density at radius 3 is 2.76 bits per heavy atom. The fourth-order valence-electron chi connectivity index (χ4n) is 2.61. The van der Waals surface area contributed by atoms with E-state index in [9.17, 15) is 9.90 Å². The van der Waals surface area contributed by atoms with E-state index in [1.165, 1.54) is 4.90 Å². The molecule has 0 radical (unpaired) electrons. The summed E-state index contributed by atoms with van der Waals surface area (Å²) in [6, 6.07) is 14.9. The first-order valence-electron chi connectivity index (χ1n) is 7.05. The van der Waals surface area contributed by atoms with Crippen LogP contribution in [0.15, 0.2) is 48.5 Å². The van der Waals surface area contributed by atoms with Gasteiger partial charge in [-0.05, 0) is 30.0 Å². The van der Waals surface area contributed by atoms with Crippen molar-refractivity contribution in [2.75, 3.05) is 11.4 Å². The van der Waals surface area contributed by atoms with Gasteiger partial charge in [0.1, 0.15) is 12.4 Å². The molecule has 1 aliphatic rings. The van der Waals surface area contributed by atoms with Crippen LogP contribution in [0.4, 0.5) is 10.5 Å². The molecular formula is C17H17NO3. The molecule has 0 atom stereocenters. The minimum Gasteiger partial charge on any atom is -0.506 e. The third-order valence-corrected chi connectivity index (χ3v) is 3.62. The Hall–Kier alpha value is -2.49. The number of hydrogen-bond acceptors (Lipinski definition) is 3. The van der Waals surface area contributed by atoms with E-state index in [0.29, 0.717) is 12.2 Å². The molecule has 0 saturated carbocycles. The number of rotatable bonds is 2. The number of hydrogen-bond donors (Lipinski definition) is 1. The van der Waals surface area contributed by atoms with Gasteiger partial charge in [-0.2, -0.15) is 0 Å². The second-order valence-electron chi connectivity index (χ2n) is 5.08. The van der Waals surface area contributed by atoms with E-state index in [4.69, 9.17) is 4.74 Å². The third kappa shape index (κ3) is 2.84. The van der Waals surface area contributed by atoms with Gasteiger partial charge in [-0.1, -0.05) is 42.5 Å². The van der Waals surface area contributed by atoms with Crippen molar-refractivity contribution in [3.8, 4) is 5.75 Å². The lowest BCUT2D eigenvalue weighted by atomic mass is 10.0. The molecule has 0 unspecified atom stereocenters. The van der Waals surface area contributed by atoms with E-state index in [-0.39, 0.29) is 12.4 Å². The fourth-order valence-corrected chi connectivity index (χ4v) is 2.61. The second-order valence-corrected chi connectivity index (χ2v) is 5.08. The Labute approximate surface area is 123 Å². The van der Waals surface area contributed by atoms with Crippen LogP contribution >= 0.6 is 0 Å². The van der Waals surface area contributed by atoms with Gasteiger partial charge < -0.3 is 9.84 Å². The summed E-state index contributed by atoms with van der Waals surface area (Å²) in [5.74, 6) is 0.129. The van der Waals surface area contributed by atoms with E-state index < -0.39 is 6.09 Å². The zero-order valence-electron chi connectivity index (χ0n) is 11.7. The van der Waals surface area contributed by atoms with Gasteiger partial charge in [-0.15, -0.1) is 0 Å². The van der Waals surface area contributed by atoms with Crippen LogP contribution < -0.4 is 4.90 Å². The number of amides is 1. The van der Waals surface area contributed by atoms with Gasteiger partial charge in [0.25, 0.3) is 0 Å². The van der Waals surface area contributed by atoms with Crippen LogP contribution in [0.25, 0.3) is 0 Å². The highest BCUT2D eigenvalue weighted by Crippen LogP contribution is 2.35. The quantitative estimate of drug-likeness (QED) is 0.918. The standard InChI is InChI=1S/C17H17NO3/c19-15-10-4-8-14-9-5-11-18(16(14)15)17(20)21-12-13-6-2-1-3-7-13/h1-4,6-8,10,19H,5,9,11-12H2. The summed E-state index contributed by atoms with van der Waals surface area (Å²) in [5.41, 5.74) is 2.51. The van der Waals surface area contributed by atoms with Crippen molar-refractivity contribution >= 4 is 11.8 Å². The van der Waals surface area contributed by atoms with Gasteiger partial charge in [-0.25, -0.2) is 4.79 Å². The Kier molecular flexibility index (Phi) is 3.77. The highest BCUT2D eigenvalue weighted by molar-refractivity contribution is 5.91. The molecule has 21 heavy (non-hydrogen) atoms. The van der Waals surface area contributed by atoms with Gasteiger partial charge in [0.15, 0.2) is 0 Å². The van der Waals surface area contributed by atoms with E-state index in [1.807, 2.05) is 36.4 Å². The summed E-state index contributed by atoms with van der Waals surface area (Å²) in [5, 5.41) is 10.0. The normalized spacial score (nSPS) is 13.6. The average Bonchev–Trinajstić information content (AvgIpc) is 2.53. The maximum atomic E-state index is 12.3. The lowest BCUT2D eigenvalue weighted by Crippen LogP contribution is -2.35. The molecule has 108 valence electrons. The number of anilines is 1. The van der Waals surface area contributed by atoms with Gasteiger partial charge in [0.05, 0.1) is 5.69 Å². The molecule has 1 aliphatic heterocycles. The Balaban J connectivity index is 1.75. The first-order valence-corrected chi connectivity index (χ1v) is 7.05. The van der Waals surface area contributed by atoms with Crippen LogP contribution in [0.1, 0.15) is 17.5 Å². The zero-order chi connectivity index (χ0) is 14.7. The summed E-state index contributed by atoms with van der Waals surface area (Å²) in [6.07, 6.45) is 1.32. The van der Waals surface area contributed by atoms with Crippen molar-refractivity contribution in [3.63, 3.8) is 0 Å². The molecule has 4 nitrogen and oxygen atoms in total. The second kappa shape index (κ2) is 5.87. The molecule has 0 spiro atoms. The number of benzene rings is 2. The SMILES string of the molecule is O=C(OCc1ccccc1)N1CCCc2cccc(O)c21. The molecule has 4 heteroatoms. The monoisotopic (exact) mass is 283 g/mol. The Morgan fingerprint density at radius 2 is 1.95 bits per heavy atom. The van der Waals surface area contributed by atoms with Crippen LogP contribution in [0.5, 0.6) is 5.75 Å². The molecular weight excluding hydrogens is 266 g/mol. The van der Waals surface area contributed by atoms with Crippen LogP contribution in [-0.2, 0) is 17.8 Å². The molecule has 1 heterocycles. The molecule has 0 saturated heterocycles. The summed E-state index contributed by atoms with van der Waals surface area (Å²) in [6.45, 7) is 0.803. The average molecular weight is 283 g/mol. The minimum absolute atomic E-state index is 0.129. The fraction of sp³-hybridized carbons (Fsp3) is 0.235. The van der Waals surface area contributed by atoms with Crippen molar-refractivity contribution in [3.05, 3.63) is 59.7 Å². The third-order valence-electron chi connectivity index (χ3n) is 3.62. The number of fused-ring (bicyclic) bond motifs is 1. The molecule has 2 aromatic carbocycles. The largest absolute Gasteiger partial charge is 0.506 e. The highest BCUT2D eigenvalue weighted by Gasteiger charge is 2.26. The van der Waals surface area contributed by atoms with Crippen molar-refractivity contribution in [1.82, 2.24) is 0 Å². The molecule has 0 aliphatic carbocycles. The molecule has 2 aromatic rings. The van der Waals surface area contributed by atoms with Crippen LogP contribution in [-0.4, -0.2) is 17.7 Å². The maximum Gasteiger partial charge on any atom is 0.414 e. The van der Waals surface area contributed by atoms with Crippen molar-refractivity contribution in [2.24, 2.45) is 0 Å². The Bertz CT molecular complexity index is 640. The van der Waals surface area contributed by atoms with Crippen molar-refractivity contribution in [2.45, 2.75) is 19.4 Å². The first-order chi connectivity index (χ1) is 10.3. The van der Waals surface area contributed by atoms with Crippen molar-refractivity contribution in [1.29, 1.82) is 0 Å². The van der Waals surface area contributed by atoms with Gasteiger partial charge in [0, 0.05) is 6.54 Å². The highest BCUT2D eigenvalue weighted by atomic mass is 16.6. The number of aromatic hydroxyl groups is 1. The number of para-hydroxylation sites is 1. The molecule has 1 amide bonds. The summed E-state index contributed by atoms with van der Waals surface area (Å²) in [4.78, 5) is 13.8. The van der Waals surface area contributed by atoms with Gasteiger partial charge in [0.2, 0.25) is 0 Å². The summed E-state index contributed by atoms with van der Waals surface area (Å²) < 4.78 is 5.36. The zero-order valence-corrected chi connectivity index (χ0v) is 11.7. The van der Waals surface area contributed by atoms with Gasteiger partial charge in [-0.3, -0.25) is 4.90 Å². The predicted molar refractivity (Wildman–Crippen MR) is 80.4 cm³/mol. The number of carbonyl (C=O) groups excluding carboxylic acids is 1. The number of carbonyl (C=O) groups is 1. The number of phenolic OH excluding ortho intramolecular Hbond substituents is 1. The number of aryl methyl sites for hydroxylation is 1. The molecule has 0 fully saturated rings. The Morgan fingerprint density at radius 1 is 1.14 bits per heavy atom. The van der Waals surface area contributed by atoms with Gasteiger partial charge >= 0.3 is 6.09 Å². The molecule has 3 rings (SSSR count). The van der Waals surface area contributed by atoms with E-state index in [1.54, 1.807) is 12.1 Å². The molecule has 0 bridgehead atoms. The summed E-state index contributed by atoms with van der Waals surface area (Å²) >= 11 is 0. The van der Waals surface area contributed by atoms with Crippen LogP contribution in [0, 0.1) is 0 Å². The summed E-state index contributed by atoms with van der Waals surface area (Å²) in [7, 11) is 0. The lowest BCUT2D eigenvalue weighted by molar-refractivity contribution is 0.146. The molecule has 1 N–H and O–H groups in total. The topological polar surface area (TPSA) is 49.8 Å². The van der Waals surface area contributed by atoms with Crippen molar-refractivity contribution < 1.29 is 14.6 Å². The van der Waals surface area contributed by atoms with Crippen LogP contribution in [0.2, 0.25) is 0 Å². The molecule has 0 aromatic heterocycles.